The van der Waals surface area contributed by atoms with Crippen LogP contribution in [0, 0.1) is 49.4 Å². The molecule has 53 heavy (non-hydrogen) atoms. The van der Waals surface area contributed by atoms with Crippen molar-refractivity contribution in [3.8, 4) is 36.8 Å². The molecule has 2 saturated carbocycles. The Balaban J connectivity index is 0.000000247. The van der Waals surface area contributed by atoms with Crippen molar-refractivity contribution in [2.24, 2.45) is 23.7 Å². The maximum absolute atomic E-state index is 12.3. The number of fused-ring (bicyclic) bond motifs is 3. The molecule has 2 heterocycles. The van der Waals surface area contributed by atoms with Gasteiger partial charge in [0.05, 0.1) is 0 Å². The fraction of sp³-hybridized carbons (Fsp3) is 0.419. The Kier molecular flexibility index (Phi) is 15.4. The molecule has 4 unspecified atom stereocenters. The van der Waals surface area contributed by atoms with E-state index in [-0.39, 0.29) is 49.4 Å². The van der Waals surface area contributed by atoms with Crippen LogP contribution in [-0.4, -0.2) is 79.5 Å². The summed E-state index contributed by atoms with van der Waals surface area (Å²) in [5.41, 5.74) is 2.30. The molecular formula is C43H50N2O8. The van der Waals surface area contributed by atoms with E-state index >= 15 is 0 Å². The highest BCUT2D eigenvalue weighted by atomic mass is 16.6. The summed E-state index contributed by atoms with van der Waals surface area (Å²) in [6, 6.07) is 19.3. The molecule has 3 aromatic rings. The molecule has 2 aliphatic heterocycles. The smallest absolute Gasteiger partial charge is 0.410 e. The van der Waals surface area contributed by atoms with E-state index in [1.165, 1.54) is 13.0 Å². The zero-order valence-corrected chi connectivity index (χ0v) is 31.2. The quantitative estimate of drug-likeness (QED) is 0.113. The van der Waals surface area contributed by atoms with Crippen LogP contribution in [-0.2, 0) is 23.8 Å². The first-order chi connectivity index (χ1) is 25.4. The molecule has 3 aromatic carbocycles. The summed E-state index contributed by atoms with van der Waals surface area (Å²) in [6.45, 7) is 12.3. The fourth-order valence-electron chi connectivity index (χ4n) is 7.20. The van der Waals surface area contributed by atoms with Gasteiger partial charge in [0, 0.05) is 29.8 Å². The van der Waals surface area contributed by atoms with Gasteiger partial charge < -0.3 is 24.4 Å². The van der Waals surface area contributed by atoms with Crippen molar-refractivity contribution in [1.29, 1.82) is 0 Å². The lowest BCUT2D eigenvalue weighted by Crippen LogP contribution is -2.37. The average Bonchev–Trinajstić information content (AvgIpc) is 3.72. The summed E-state index contributed by atoms with van der Waals surface area (Å²) in [5, 5.41) is 5.06. The van der Waals surface area contributed by atoms with Crippen molar-refractivity contribution in [3.63, 3.8) is 0 Å². The van der Waals surface area contributed by atoms with Crippen molar-refractivity contribution in [2.45, 2.75) is 65.1 Å². The standard InChI is InChI=1S/C22H16O6.C11H19NO2.C6H11N.2C2H2/c23-13-27-11-21(25)16-9-7-15(8-10-16)17-3-1-5-19-18(17)4-2-6-20(19)22(26)12-28-14-24;1-7-8-5-6-12(9(7)8)10(13)14-11(2,3)4;1-4-5-2-3-7-6(4)5;2*1-2/h1-10,13-14H,11-12H2;7-9H,5-6H2,1-4H3;4-7H,2-3H2,1H3;2*1-2H/t;7-,8?,9?;4-,5?,6?;;/m.11../s1. The number of ketones is 2. The van der Waals surface area contributed by atoms with Crippen molar-refractivity contribution in [1.82, 2.24) is 10.2 Å². The summed E-state index contributed by atoms with van der Waals surface area (Å²) in [5.74, 6) is 2.94. The predicted molar refractivity (Wildman–Crippen MR) is 205 cm³/mol. The molecule has 0 aromatic heterocycles. The maximum atomic E-state index is 12.3. The zero-order chi connectivity index (χ0) is 39.3. The van der Waals surface area contributed by atoms with Gasteiger partial charge in [0.1, 0.15) is 5.60 Å². The Hall–Kier alpha value is -5.45. The van der Waals surface area contributed by atoms with Crippen molar-refractivity contribution in [2.75, 3.05) is 26.3 Å². The van der Waals surface area contributed by atoms with Crippen LogP contribution in [0.2, 0.25) is 0 Å². The summed E-state index contributed by atoms with van der Waals surface area (Å²) in [4.78, 5) is 58.4. The minimum Gasteiger partial charge on any atom is -0.459 e. The Morgan fingerprint density at radius 2 is 1.40 bits per heavy atom. The molecule has 0 radical (unpaired) electrons. The van der Waals surface area contributed by atoms with Gasteiger partial charge in [-0.25, -0.2) is 4.79 Å². The molecule has 0 bridgehead atoms. The van der Waals surface area contributed by atoms with Gasteiger partial charge in [-0.05, 0) is 85.7 Å². The number of benzene rings is 3. The van der Waals surface area contributed by atoms with Gasteiger partial charge in [0.25, 0.3) is 12.9 Å². The highest BCUT2D eigenvalue weighted by Crippen LogP contribution is 2.50. The first kappa shape index (κ1) is 42.0. The first-order valence-electron chi connectivity index (χ1n) is 17.6. The number of hydrogen-bond acceptors (Lipinski definition) is 9. The SMILES string of the molecule is C#C.C#C.C[C@@H]1C2CCN(C(=O)OC(C)(C)C)C21.C[C@@H]1C2CCNC21.O=COCC(=O)c1ccc(-c2cccc3c(C(=O)COC=O)cccc23)cc1. The van der Waals surface area contributed by atoms with Crippen LogP contribution in [0.4, 0.5) is 4.79 Å². The van der Waals surface area contributed by atoms with E-state index in [0.29, 0.717) is 23.1 Å². The summed E-state index contributed by atoms with van der Waals surface area (Å²) in [6.07, 6.45) is 18.5. The molecule has 1 N–H and O–H groups in total. The van der Waals surface area contributed by atoms with Gasteiger partial charge in [-0.3, -0.25) is 19.2 Å². The monoisotopic (exact) mass is 722 g/mol. The molecule has 0 spiro atoms. The molecule has 2 aliphatic carbocycles. The van der Waals surface area contributed by atoms with E-state index in [4.69, 9.17) is 4.74 Å². The van der Waals surface area contributed by atoms with Crippen LogP contribution < -0.4 is 5.32 Å². The molecule has 4 aliphatic rings. The van der Waals surface area contributed by atoms with E-state index < -0.39 is 0 Å². The highest BCUT2D eigenvalue weighted by Gasteiger charge is 2.56. The number of likely N-dealkylation sites (tertiary alicyclic amines) is 1. The number of piperidine rings is 2. The number of carbonyl (C=O) groups is 5. The summed E-state index contributed by atoms with van der Waals surface area (Å²) >= 11 is 0. The first-order valence-corrected chi connectivity index (χ1v) is 17.6. The number of rotatable bonds is 9. The van der Waals surface area contributed by atoms with Gasteiger partial charge in [-0.2, -0.15) is 0 Å². The third-order valence-electron chi connectivity index (χ3n) is 9.93. The third kappa shape index (κ3) is 10.8. The van der Waals surface area contributed by atoms with Crippen LogP contribution in [0.15, 0.2) is 60.7 Å². The second-order valence-electron chi connectivity index (χ2n) is 14.2. The van der Waals surface area contributed by atoms with Crippen molar-refractivity contribution in [3.05, 3.63) is 71.8 Å². The molecule has 10 heteroatoms. The normalized spacial score (nSPS) is 22.4. The molecule has 6 atom stereocenters. The summed E-state index contributed by atoms with van der Waals surface area (Å²) in [7, 11) is 0. The second kappa shape index (κ2) is 19.4. The van der Waals surface area contributed by atoms with E-state index in [0.717, 1.165) is 58.7 Å². The number of nitrogens with zero attached hydrogens (tertiary/aromatic N) is 1. The molecule has 280 valence electrons. The molecule has 4 fully saturated rings. The van der Waals surface area contributed by atoms with Crippen LogP contribution >= 0.6 is 0 Å². The van der Waals surface area contributed by atoms with Crippen LogP contribution in [0.3, 0.4) is 0 Å². The molecule has 10 nitrogen and oxygen atoms in total. The van der Waals surface area contributed by atoms with E-state index in [9.17, 15) is 24.0 Å². The zero-order valence-electron chi connectivity index (χ0n) is 31.2. The topological polar surface area (TPSA) is 128 Å². The largest absolute Gasteiger partial charge is 0.459 e. The van der Waals surface area contributed by atoms with E-state index in [1.807, 2.05) is 49.9 Å². The number of ether oxygens (including phenoxy) is 3. The maximum Gasteiger partial charge on any atom is 0.410 e. The molecule has 7 rings (SSSR count). The Labute approximate surface area is 312 Å². The lowest BCUT2D eigenvalue weighted by Gasteiger charge is -2.25. The van der Waals surface area contributed by atoms with Gasteiger partial charge >= 0.3 is 6.09 Å². The minimum atomic E-state index is -0.368. The van der Waals surface area contributed by atoms with Crippen LogP contribution in [0.25, 0.3) is 21.9 Å². The predicted octanol–water partition coefficient (Wildman–Crippen LogP) is 6.59. The number of carbonyl (C=O) groups excluding carboxylic acids is 5. The third-order valence-corrected chi connectivity index (χ3v) is 9.93. The Bertz CT molecular complexity index is 1760. The Morgan fingerprint density at radius 1 is 0.792 bits per heavy atom. The van der Waals surface area contributed by atoms with Gasteiger partial charge in [-0.15, -0.1) is 25.7 Å². The van der Waals surface area contributed by atoms with Gasteiger partial charge in [-0.1, -0.05) is 74.5 Å². The lowest BCUT2D eigenvalue weighted by molar-refractivity contribution is -0.128. The van der Waals surface area contributed by atoms with Crippen molar-refractivity contribution < 1.29 is 38.2 Å². The average molecular weight is 723 g/mol. The minimum absolute atomic E-state index is 0.130. The summed E-state index contributed by atoms with van der Waals surface area (Å²) < 4.78 is 14.4. The number of nitrogens with one attached hydrogen (secondary N) is 1. The van der Waals surface area contributed by atoms with Crippen molar-refractivity contribution >= 4 is 41.4 Å². The lowest BCUT2D eigenvalue weighted by atomic mass is 9.94. The van der Waals surface area contributed by atoms with Crippen LogP contribution in [0.5, 0.6) is 0 Å². The van der Waals surface area contributed by atoms with E-state index in [2.05, 4.69) is 54.3 Å². The molecular weight excluding hydrogens is 672 g/mol. The number of Topliss-reactive ketones (excluding diaryl/α,β-unsaturated/α-hetero) is 2. The molecule has 2 saturated heterocycles. The number of terminal acetylenes is 2. The van der Waals surface area contributed by atoms with Gasteiger partial charge in [0.15, 0.2) is 19.0 Å². The van der Waals surface area contributed by atoms with E-state index in [1.54, 1.807) is 36.4 Å². The fourth-order valence-corrected chi connectivity index (χ4v) is 7.20. The molecule has 1 amide bonds. The van der Waals surface area contributed by atoms with Crippen LogP contribution in [0.1, 0.15) is 68.2 Å². The number of hydrogen-bond donors (Lipinski definition) is 1. The highest BCUT2D eigenvalue weighted by molar-refractivity contribution is 6.12. The Morgan fingerprint density at radius 3 is 1.91 bits per heavy atom. The number of amides is 1. The second-order valence-corrected chi connectivity index (χ2v) is 14.2. The van der Waals surface area contributed by atoms with Gasteiger partial charge in [0.2, 0.25) is 5.78 Å².